The second kappa shape index (κ2) is 8.12. The third kappa shape index (κ3) is 3.32. The van der Waals surface area contributed by atoms with Crippen LogP contribution in [-0.2, 0) is 44.4 Å². The summed E-state index contributed by atoms with van der Waals surface area (Å²) in [6.45, 7) is 3.81. The Labute approximate surface area is 206 Å². The van der Waals surface area contributed by atoms with Gasteiger partial charge in [0.25, 0.3) is 5.56 Å². The Morgan fingerprint density at radius 3 is 2.83 bits per heavy atom. The second-order valence-electron chi connectivity index (χ2n) is 9.29. The van der Waals surface area contributed by atoms with E-state index >= 15 is 0 Å². The van der Waals surface area contributed by atoms with E-state index in [2.05, 4.69) is 0 Å². The molecule has 3 aromatic heterocycles. The van der Waals surface area contributed by atoms with E-state index in [9.17, 15) is 14.4 Å². The maximum absolute atomic E-state index is 13.6. The first-order valence-electron chi connectivity index (χ1n) is 11.9. The predicted molar refractivity (Wildman–Crippen MR) is 130 cm³/mol. The van der Waals surface area contributed by atoms with Gasteiger partial charge in [0, 0.05) is 28.1 Å². The Balaban J connectivity index is 1.46. The Hall–Kier alpha value is -4.33. The fraction of sp³-hybridized carbons (Fsp3) is 0.250. The van der Waals surface area contributed by atoms with Gasteiger partial charge in [-0.3, -0.25) is 4.79 Å². The number of rotatable bonds is 4. The molecule has 0 bridgehead atoms. The van der Waals surface area contributed by atoms with Crippen LogP contribution in [-0.4, -0.2) is 21.5 Å². The molecule has 180 valence electrons. The van der Waals surface area contributed by atoms with E-state index in [0.717, 1.165) is 22.0 Å². The number of benzene rings is 1. The van der Waals surface area contributed by atoms with Crippen molar-refractivity contribution < 1.29 is 23.6 Å². The van der Waals surface area contributed by atoms with Crippen LogP contribution >= 0.6 is 0 Å². The van der Waals surface area contributed by atoms with Gasteiger partial charge >= 0.3 is 11.9 Å². The lowest BCUT2D eigenvalue weighted by molar-refractivity contribution is -0.686. The molecule has 0 aliphatic carbocycles. The number of fused-ring (bicyclic) bond motifs is 5. The molecule has 4 aromatic rings. The van der Waals surface area contributed by atoms with Crippen molar-refractivity contribution in [1.29, 1.82) is 0 Å². The van der Waals surface area contributed by atoms with Crippen LogP contribution in [0.5, 0.6) is 0 Å². The fourth-order valence-corrected chi connectivity index (χ4v) is 5.21. The Kier molecular flexibility index (Phi) is 5.00. The SMILES string of the molecule is CC[C@@]1(OC(=O)C[n+]2cccc(C)c2)C(=O)OCc2c1cc1n(c2=O)Cc2cc3ccccc3nc2-1. The summed E-state index contributed by atoms with van der Waals surface area (Å²) in [5, 5.41) is 0.992. The van der Waals surface area contributed by atoms with Crippen LogP contribution < -0.4 is 10.1 Å². The summed E-state index contributed by atoms with van der Waals surface area (Å²) in [6.07, 6.45) is 3.70. The van der Waals surface area contributed by atoms with Gasteiger partial charge in [-0.05, 0) is 37.6 Å². The highest BCUT2D eigenvalue weighted by atomic mass is 16.6. The summed E-state index contributed by atoms with van der Waals surface area (Å²) in [5.41, 5.74) is 2.77. The van der Waals surface area contributed by atoms with Crippen molar-refractivity contribution in [2.45, 2.75) is 45.6 Å². The zero-order valence-electron chi connectivity index (χ0n) is 20.0. The molecule has 1 aromatic carbocycles. The summed E-state index contributed by atoms with van der Waals surface area (Å²) in [4.78, 5) is 44.6. The first-order chi connectivity index (χ1) is 17.4. The summed E-state index contributed by atoms with van der Waals surface area (Å²) < 4.78 is 14.6. The number of aryl methyl sites for hydroxylation is 1. The Morgan fingerprint density at radius 2 is 2.03 bits per heavy atom. The van der Waals surface area contributed by atoms with Gasteiger partial charge in [-0.15, -0.1) is 0 Å². The van der Waals surface area contributed by atoms with E-state index in [1.54, 1.807) is 28.3 Å². The monoisotopic (exact) mass is 482 g/mol. The minimum atomic E-state index is -1.70. The van der Waals surface area contributed by atoms with Crippen molar-refractivity contribution in [1.82, 2.24) is 9.55 Å². The van der Waals surface area contributed by atoms with E-state index in [0.29, 0.717) is 29.1 Å². The minimum absolute atomic E-state index is 0.0770. The number of para-hydroxylation sites is 1. The molecule has 8 heteroatoms. The molecule has 6 rings (SSSR count). The number of hydrogen-bond acceptors (Lipinski definition) is 6. The van der Waals surface area contributed by atoms with Gasteiger partial charge in [-0.1, -0.05) is 25.1 Å². The molecule has 2 aliphatic rings. The van der Waals surface area contributed by atoms with Crippen LogP contribution in [0.25, 0.3) is 22.3 Å². The van der Waals surface area contributed by atoms with Crippen LogP contribution in [0, 0.1) is 6.92 Å². The lowest BCUT2D eigenvalue weighted by atomic mass is 9.85. The molecule has 0 saturated heterocycles. The number of carbonyl (C=O) groups excluding carboxylic acids is 2. The number of esters is 2. The number of pyridine rings is 3. The van der Waals surface area contributed by atoms with Crippen LogP contribution in [0.1, 0.15) is 35.6 Å². The molecule has 0 spiro atoms. The number of cyclic esters (lactones) is 1. The van der Waals surface area contributed by atoms with E-state index < -0.39 is 17.5 Å². The highest BCUT2D eigenvalue weighted by Gasteiger charge is 2.50. The van der Waals surface area contributed by atoms with Gasteiger partial charge in [-0.25, -0.2) is 14.6 Å². The Morgan fingerprint density at radius 1 is 1.19 bits per heavy atom. The largest absolute Gasteiger partial charge is 0.457 e. The maximum Gasteiger partial charge on any atom is 0.374 e. The molecule has 0 radical (unpaired) electrons. The molecular formula is C28H24N3O5+. The average Bonchev–Trinajstić information content (AvgIpc) is 3.22. The number of nitrogens with zero attached hydrogens (tertiary/aromatic N) is 3. The second-order valence-corrected chi connectivity index (χ2v) is 9.29. The third-order valence-electron chi connectivity index (χ3n) is 6.99. The van der Waals surface area contributed by atoms with Gasteiger partial charge in [0.05, 0.1) is 29.0 Å². The van der Waals surface area contributed by atoms with E-state index in [1.807, 2.05) is 55.6 Å². The molecular weight excluding hydrogens is 458 g/mol. The molecule has 8 nitrogen and oxygen atoms in total. The van der Waals surface area contributed by atoms with Crippen LogP contribution in [0.2, 0.25) is 0 Å². The molecule has 0 saturated carbocycles. The lowest BCUT2D eigenvalue weighted by Gasteiger charge is -2.35. The Bertz CT molecular complexity index is 1640. The van der Waals surface area contributed by atoms with Crippen molar-refractivity contribution >= 4 is 22.8 Å². The van der Waals surface area contributed by atoms with Crippen LogP contribution in [0.15, 0.2) is 65.7 Å². The van der Waals surface area contributed by atoms with Crippen molar-refractivity contribution in [2.75, 3.05) is 0 Å². The van der Waals surface area contributed by atoms with Crippen molar-refractivity contribution in [3.63, 3.8) is 0 Å². The number of aromatic nitrogens is 3. The highest BCUT2D eigenvalue weighted by molar-refractivity contribution is 5.88. The van der Waals surface area contributed by atoms with Gasteiger partial charge in [0.1, 0.15) is 6.61 Å². The highest BCUT2D eigenvalue weighted by Crippen LogP contribution is 2.40. The molecule has 1 atom stereocenters. The lowest BCUT2D eigenvalue weighted by Crippen LogP contribution is -2.49. The number of ether oxygens (including phenoxy) is 2. The van der Waals surface area contributed by atoms with E-state index in [1.165, 1.54) is 0 Å². The molecule has 0 N–H and O–H groups in total. The summed E-state index contributed by atoms with van der Waals surface area (Å²) >= 11 is 0. The first-order valence-corrected chi connectivity index (χ1v) is 11.9. The fourth-order valence-electron chi connectivity index (χ4n) is 5.21. The van der Waals surface area contributed by atoms with E-state index in [4.69, 9.17) is 14.5 Å². The molecule has 0 unspecified atom stereocenters. The normalized spacial score (nSPS) is 17.8. The third-order valence-corrected chi connectivity index (χ3v) is 6.99. The van der Waals surface area contributed by atoms with Gasteiger partial charge in [0.15, 0.2) is 12.4 Å². The van der Waals surface area contributed by atoms with E-state index in [-0.39, 0.29) is 25.1 Å². The van der Waals surface area contributed by atoms with Crippen molar-refractivity contribution in [2.24, 2.45) is 0 Å². The van der Waals surface area contributed by atoms with Crippen molar-refractivity contribution in [3.8, 4) is 11.4 Å². The predicted octanol–water partition coefficient (Wildman–Crippen LogP) is 2.93. The zero-order valence-corrected chi connectivity index (χ0v) is 20.0. The van der Waals surface area contributed by atoms with Crippen LogP contribution in [0.4, 0.5) is 0 Å². The standard InChI is InChI=1S/C28H24N3O5/c1-3-28(36-24(32)15-30-10-6-7-17(2)13-30)21-12-23-25-19(11-18-8-4-5-9-22(18)29-25)14-31(23)26(33)20(21)16-35-27(28)34/h4-13H,3,14-16H2,1-2H3/q+1/t28-/m0/s1. The quantitative estimate of drug-likeness (QED) is 0.289. The molecule has 0 fully saturated rings. The minimum Gasteiger partial charge on any atom is -0.457 e. The van der Waals surface area contributed by atoms with Gasteiger partial charge in [-0.2, -0.15) is 4.57 Å². The van der Waals surface area contributed by atoms with Crippen LogP contribution in [0.3, 0.4) is 0 Å². The summed E-state index contributed by atoms with van der Waals surface area (Å²) in [7, 11) is 0. The zero-order chi connectivity index (χ0) is 25.0. The van der Waals surface area contributed by atoms with Crippen molar-refractivity contribution in [3.05, 3.63) is 93.5 Å². The molecule has 5 heterocycles. The molecule has 0 amide bonds. The number of hydrogen-bond donors (Lipinski definition) is 0. The summed E-state index contributed by atoms with van der Waals surface area (Å²) in [6, 6.07) is 15.4. The molecule has 2 aliphatic heterocycles. The summed E-state index contributed by atoms with van der Waals surface area (Å²) in [5.74, 6) is -1.27. The maximum atomic E-state index is 13.6. The topological polar surface area (TPSA) is 91.4 Å². The first kappa shape index (κ1) is 22.2. The smallest absolute Gasteiger partial charge is 0.374 e. The average molecular weight is 483 g/mol. The molecule has 36 heavy (non-hydrogen) atoms. The van der Waals surface area contributed by atoms with Gasteiger partial charge < -0.3 is 14.0 Å². The van der Waals surface area contributed by atoms with Gasteiger partial charge in [0.2, 0.25) is 12.1 Å². The number of carbonyl (C=O) groups is 2.